The van der Waals surface area contributed by atoms with Gasteiger partial charge in [-0.3, -0.25) is 4.79 Å². The van der Waals surface area contributed by atoms with Gasteiger partial charge in [0.2, 0.25) is 0 Å². The van der Waals surface area contributed by atoms with Crippen LogP contribution < -0.4 is 11.4 Å². The average Bonchev–Trinajstić information content (AvgIpc) is 2.81. The zero-order valence-electron chi connectivity index (χ0n) is 8.65. The summed E-state index contributed by atoms with van der Waals surface area (Å²) in [5.74, 6) is -0.933. The summed E-state index contributed by atoms with van der Waals surface area (Å²) in [7, 11) is 0. The molecule has 0 spiro atoms. The van der Waals surface area contributed by atoms with Crippen LogP contribution in [-0.4, -0.2) is 25.8 Å². The highest BCUT2D eigenvalue weighted by Gasteiger charge is 2.42. The van der Waals surface area contributed by atoms with Gasteiger partial charge < -0.3 is 5.11 Å². The SMILES string of the molecule is O=C(O)C1(Cn2c(=O)[nH][nH]c2=O)CCCC1. The van der Waals surface area contributed by atoms with Crippen molar-refractivity contribution in [1.82, 2.24) is 14.8 Å². The van der Waals surface area contributed by atoms with Gasteiger partial charge in [-0.1, -0.05) is 12.8 Å². The van der Waals surface area contributed by atoms with E-state index in [0.29, 0.717) is 12.8 Å². The van der Waals surface area contributed by atoms with E-state index in [1.165, 1.54) is 0 Å². The van der Waals surface area contributed by atoms with E-state index in [1.54, 1.807) is 0 Å². The number of nitrogens with zero attached hydrogens (tertiary/aromatic N) is 1. The molecule has 2 rings (SSSR count). The summed E-state index contributed by atoms with van der Waals surface area (Å²) in [6, 6.07) is 0. The van der Waals surface area contributed by atoms with Crippen LogP contribution in [0.4, 0.5) is 0 Å². The van der Waals surface area contributed by atoms with Gasteiger partial charge in [0.25, 0.3) is 0 Å². The zero-order valence-corrected chi connectivity index (χ0v) is 8.65. The van der Waals surface area contributed by atoms with E-state index in [-0.39, 0.29) is 6.54 Å². The van der Waals surface area contributed by atoms with Gasteiger partial charge in [-0.15, -0.1) is 0 Å². The monoisotopic (exact) mass is 227 g/mol. The highest BCUT2D eigenvalue weighted by atomic mass is 16.4. The first-order valence-electron chi connectivity index (χ1n) is 5.16. The third-order valence-electron chi connectivity index (χ3n) is 3.24. The number of aliphatic carboxylic acids is 1. The van der Waals surface area contributed by atoms with E-state index < -0.39 is 22.8 Å². The molecule has 0 unspecified atom stereocenters. The minimum atomic E-state index is -0.959. The number of carbonyl (C=O) groups is 1. The molecule has 1 aromatic heterocycles. The third-order valence-corrected chi connectivity index (χ3v) is 3.24. The molecular weight excluding hydrogens is 214 g/mol. The van der Waals surface area contributed by atoms with Crippen molar-refractivity contribution in [2.45, 2.75) is 32.2 Å². The number of hydrogen-bond donors (Lipinski definition) is 3. The first-order chi connectivity index (χ1) is 7.55. The van der Waals surface area contributed by atoms with E-state index in [9.17, 15) is 19.5 Å². The van der Waals surface area contributed by atoms with Gasteiger partial charge in [-0.25, -0.2) is 24.4 Å². The summed E-state index contributed by atoms with van der Waals surface area (Å²) in [4.78, 5) is 33.8. The normalized spacial score (nSPS) is 18.8. The second-order valence-corrected chi connectivity index (χ2v) is 4.24. The molecule has 1 aliphatic rings. The van der Waals surface area contributed by atoms with Crippen molar-refractivity contribution >= 4 is 5.97 Å². The Bertz CT molecular complexity index is 476. The molecule has 3 N–H and O–H groups in total. The Labute approximate surface area is 90.1 Å². The fraction of sp³-hybridized carbons (Fsp3) is 0.667. The van der Waals surface area contributed by atoms with Gasteiger partial charge in [0.05, 0.1) is 5.41 Å². The summed E-state index contributed by atoms with van der Waals surface area (Å²) in [5, 5.41) is 13.5. The van der Waals surface area contributed by atoms with E-state index in [0.717, 1.165) is 17.4 Å². The minimum absolute atomic E-state index is 0.0556. The van der Waals surface area contributed by atoms with E-state index >= 15 is 0 Å². The van der Waals surface area contributed by atoms with Crippen molar-refractivity contribution in [3.05, 3.63) is 21.0 Å². The lowest BCUT2D eigenvalue weighted by molar-refractivity contribution is -0.149. The quantitative estimate of drug-likeness (QED) is 0.647. The lowest BCUT2D eigenvalue weighted by Gasteiger charge is -2.22. The van der Waals surface area contributed by atoms with Crippen molar-refractivity contribution in [1.29, 1.82) is 0 Å². The summed E-state index contributed by atoms with van der Waals surface area (Å²) in [6.07, 6.45) is 2.67. The molecule has 1 aliphatic carbocycles. The van der Waals surface area contributed by atoms with E-state index in [4.69, 9.17) is 0 Å². The van der Waals surface area contributed by atoms with Crippen LogP contribution in [0.1, 0.15) is 25.7 Å². The molecule has 0 aromatic carbocycles. The number of aromatic amines is 2. The first-order valence-corrected chi connectivity index (χ1v) is 5.16. The lowest BCUT2D eigenvalue weighted by Crippen LogP contribution is -2.39. The molecule has 0 aliphatic heterocycles. The molecule has 1 aromatic rings. The standard InChI is InChI=1S/C9H13N3O4/c13-6(14)9(3-1-2-4-9)5-12-7(15)10-11-8(12)16/h1-5H2,(H,10,15)(H,11,16)(H,13,14). The largest absolute Gasteiger partial charge is 0.481 e. The van der Waals surface area contributed by atoms with Crippen molar-refractivity contribution in [2.75, 3.05) is 0 Å². The van der Waals surface area contributed by atoms with Gasteiger partial charge in [0.15, 0.2) is 0 Å². The maximum atomic E-state index is 11.3. The Morgan fingerprint density at radius 3 is 2.19 bits per heavy atom. The van der Waals surface area contributed by atoms with Crippen molar-refractivity contribution in [3.8, 4) is 0 Å². The molecule has 1 saturated carbocycles. The molecule has 0 saturated heterocycles. The molecule has 0 radical (unpaired) electrons. The number of carboxylic acids is 1. The first kappa shape index (κ1) is 10.7. The van der Waals surface area contributed by atoms with Gasteiger partial charge in [0, 0.05) is 6.54 Å². The van der Waals surface area contributed by atoms with Crippen LogP contribution in [0.15, 0.2) is 9.59 Å². The molecule has 0 amide bonds. The second kappa shape index (κ2) is 3.66. The maximum Gasteiger partial charge on any atom is 0.344 e. The summed E-state index contributed by atoms with van der Waals surface area (Å²) in [5.41, 5.74) is -2.13. The van der Waals surface area contributed by atoms with Crippen LogP contribution in [0.25, 0.3) is 0 Å². The van der Waals surface area contributed by atoms with Crippen LogP contribution in [0.2, 0.25) is 0 Å². The minimum Gasteiger partial charge on any atom is -0.481 e. The fourth-order valence-corrected chi connectivity index (χ4v) is 2.27. The Kier molecular flexibility index (Phi) is 2.45. The summed E-state index contributed by atoms with van der Waals surface area (Å²) >= 11 is 0. The zero-order chi connectivity index (χ0) is 11.8. The topological polar surface area (TPSA) is 108 Å². The van der Waals surface area contributed by atoms with Crippen molar-refractivity contribution in [3.63, 3.8) is 0 Å². The number of rotatable bonds is 3. The number of nitrogens with one attached hydrogen (secondary N) is 2. The van der Waals surface area contributed by atoms with E-state index in [2.05, 4.69) is 10.2 Å². The van der Waals surface area contributed by atoms with Crippen molar-refractivity contribution < 1.29 is 9.90 Å². The molecule has 1 heterocycles. The Morgan fingerprint density at radius 1 is 1.25 bits per heavy atom. The van der Waals surface area contributed by atoms with Crippen LogP contribution >= 0.6 is 0 Å². The molecule has 7 heteroatoms. The van der Waals surface area contributed by atoms with Crippen molar-refractivity contribution in [2.24, 2.45) is 5.41 Å². The smallest absolute Gasteiger partial charge is 0.344 e. The van der Waals surface area contributed by atoms with Gasteiger partial charge >= 0.3 is 17.3 Å². The second-order valence-electron chi connectivity index (χ2n) is 4.24. The van der Waals surface area contributed by atoms with Crippen LogP contribution in [0.3, 0.4) is 0 Å². The predicted molar refractivity (Wildman–Crippen MR) is 54.2 cm³/mol. The Morgan fingerprint density at radius 2 is 1.75 bits per heavy atom. The molecule has 7 nitrogen and oxygen atoms in total. The highest BCUT2D eigenvalue weighted by Crippen LogP contribution is 2.39. The van der Waals surface area contributed by atoms with Crippen LogP contribution in [-0.2, 0) is 11.3 Å². The maximum absolute atomic E-state index is 11.3. The van der Waals surface area contributed by atoms with E-state index in [1.807, 2.05) is 0 Å². The third kappa shape index (κ3) is 1.58. The molecular formula is C9H13N3O4. The van der Waals surface area contributed by atoms with Gasteiger partial charge in [-0.05, 0) is 12.8 Å². The van der Waals surface area contributed by atoms with Crippen LogP contribution in [0.5, 0.6) is 0 Å². The van der Waals surface area contributed by atoms with Gasteiger partial charge in [0.1, 0.15) is 0 Å². The lowest BCUT2D eigenvalue weighted by atomic mass is 9.86. The average molecular weight is 227 g/mol. The molecule has 1 fully saturated rings. The molecule has 0 bridgehead atoms. The summed E-state index contributed by atoms with van der Waals surface area (Å²) < 4.78 is 0.916. The number of aromatic nitrogens is 3. The Balaban J connectivity index is 2.35. The number of hydrogen-bond acceptors (Lipinski definition) is 3. The van der Waals surface area contributed by atoms with Crippen LogP contribution in [0, 0.1) is 5.41 Å². The predicted octanol–water partition coefficient (Wildman–Crippen LogP) is -0.490. The molecule has 88 valence electrons. The fourth-order valence-electron chi connectivity index (χ4n) is 2.27. The molecule has 16 heavy (non-hydrogen) atoms. The number of carboxylic acid groups (broad SMARTS) is 1. The molecule has 0 atom stereocenters. The number of H-pyrrole nitrogens is 2. The summed E-state index contributed by atoms with van der Waals surface area (Å²) in [6.45, 7) is -0.0556. The van der Waals surface area contributed by atoms with Gasteiger partial charge in [-0.2, -0.15) is 0 Å². The highest BCUT2D eigenvalue weighted by molar-refractivity contribution is 5.74. The Hall–Kier alpha value is -1.79.